The van der Waals surface area contributed by atoms with Gasteiger partial charge in [0.25, 0.3) is 5.91 Å². The van der Waals surface area contributed by atoms with Gasteiger partial charge in [0.05, 0.1) is 6.61 Å². The molecule has 0 aliphatic rings. The summed E-state index contributed by atoms with van der Waals surface area (Å²) >= 11 is 5.22. The maximum atomic E-state index is 12.4. The van der Waals surface area contributed by atoms with Gasteiger partial charge in [0.2, 0.25) is 5.91 Å². The van der Waals surface area contributed by atoms with Gasteiger partial charge in [-0.1, -0.05) is 27.2 Å². The maximum absolute atomic E-state index is 12.4. The van der Waals surface area contributed by atoms with Crippen LogP contribution in [0.4, 0.5) is 11.4 Å². The van der Waals surface area contributed by atoms with Crippen molar-refractivity contribution in [3.63, 3.8) is 0 Å². The summed E-state index contributed by atoms with van der Waals surface area (Å²) in [6.45, 7) is 6.76. The highest BCUT2D eigenvalue weighted by atomic mass is 32.1. The number of carbonyl (C=O) groups is 2. The quantitative estimate of drug-likeness (QED) is 0.389. The van der Waals surface area contributed by atoms with Gasteiger partial charge in [0.1, 0.15) is 5.75 Å². The third-order valence-electron chi connectivity index (χ3n) is 4.13. The Hall–Kier alpha value is -2.93. The van der Waals surface area contributed by atoms with Crippen LogP contribution >= 0.6 is 12.2 Å². The van der Waals surface area contributed by atoms with Crippen LogP contribution in [0.25, 0.3) is 0 Å². The van der Waals surface area contributed by atoms with E-state index < -0.39 is 0 Å². The molecule has 0 saturated carbocycles. The van der Waals surface area contributed by atoms with Crippen molar-refractivity contribution in [2.75, 3.05) is 17.2 Å². The van der Waals surface area contributed by atoms with Crippen molar-refractivity contribution in [1.82, 2.24) is 5.32 Å². The fourth-order valence-electron chi connectivity index (χ4n) is 2.59. The van der Waals surface area contributed by atoms with E-state index in [1.807, 2.05) is 13.8 Å². The Morgan fingerprint density at radius 2 is 1.57 bits per heavy atom. The van der Waals surface area contributed by atoms with E-state index in [4.69, 9.17) is 17.0 Å². The number of nitrogens with one attached hydrogen (secondary N) is 3. The molecule has 6 nitrogen and oxygen atoms in total. The normalized spacial score (nSPS) is 10.4. The molecule has 7 heteroatoms. The number of benzene rings is 2. The predicted molar refractivity (Wildman–Crippen MR) is 125 cm³/mol. The standard InChI is InChI=1S/C23H29N3O3S/c1-4-5-14-29-20-12-6-17(7-13-20)22(28)26-23(30)25-19-10-8-18(9-11-19)24-21(27)15-16(2)3/h6-13,16H,4-5,14-15H2,1-3H3,(H,24,27)(H2,25,26,28,30). The Labute approximate surface area is 183 Å². The van der Waals surface area contributed by atoms with Gasteiger partial charge in [0.15, 0.2) is 5.11 Å². The summed E-state index contributed by atoms with van der Waals surface area (Å²) < 4.78 is 5.60. The molecule has 2 aromatic rings. The molecule has 0 spiro atoms. The third-order valence-corrected chi connectivity index (χ3v) is 4.33. The van der Waals surface area contributed by atoms with E-state index in [1.54, 1.807) is 48.5 Å². The second-order valence-corrected chi connectivity index (χ2v) is 7.77. The summed E-state index contributed by atoms with van der Waals surface area (Å²) in [7, 11) is 0. The van der Waals surface area contributed by atoms with Crippen LogP contribution in [-0.4, -0.2) is 23.5 Å². The van der Waals surface area contributed by atoms with E-state index in [0.29, 0.717) is 35.9 Å². The van der Waals surface area contributed by atoms with Crippen LogP contribution in [-0.2, 0) is 4.79 Å². The van der Waals surface area contributed by atoms with Gasteiger partial charge in [-0.25, -0.2) is 0 Å². The maximum Gasteiger partial charge on any atom is 0.257 e. The molecule has 160 valence electrons. The first-order chi connectivity index (χ1) is 14.4. The largest absolute Gasteiger partial charge is 0.494 e. The number of thiocarbonyl (C=S) groups is 1. The SMILES string of the molecule is CCCCOc1ccc(C(=O)NC(=S)Nc2ccc(NC(=O)CC(C)C)cc2)cc1. The van der Waals surface area contributed by atoms with Crippen LogP contribution in [0.15, 0.2) is 48.5 Å². The van der Waals surface area contributed by atoms with E-state index in [2.05, 4.69) is 22.9 Å². The zero-order chi connectivity index (χ0) is 21.9. The van der Waals surface area contributed by atoms with Crippen molar-refractivity contribution < 1.29 is 14.3 Å². The fourth-order valence-corrected chi connectivity index (χ4v) is 2.80. The van der Waals surface area contributed by atoms with Gasteiger partial charge >= 0.3 is 0 Å². The number of carbonyl (C=O) groups excluding carboxylic acids is 2. The number of amides is 2. The lowest BCUT2D eigenvalue weighted by Crippen LogP contribution is -2.34. The second-order valence-electron chi connectivity index (χ2n) is 7.36. The molecular formula is C23H29N3O3S. The Balaban J connectivity index is 1.83. The van der Waals surface area contributed by atoms with E-state index in [0.717, 1.165) is 18.6 Å². The van der Waals surface area contributed by atoms with Crippen molar-refractivity contribution >= 4 is 40.5 Å². The number of ether oxygens (including phenoxy) is 1. The molecule has 2 amide bonds. The molecule has 2 rings (SSSR count). The van der Waals surface area contributed by atoms with Crippen LogP contribution in [0.1, 0.15) is 50.4 Å². The molecule has 0 atom stereocenters. The Kier molecular flexibility index (Phi) is 9.28. The molecule has 30 heavy (non-hydrogen) atoms. The summed E-state index contributed by atoms with van der Waals surface area (Å²) in [5.41, 5.74) is 1.91. The minimum atomic E-state index is -0.301. The number of anilines is 2. The zero-order valence-electron chi connectivity index (χ0n) is 17.7. The summed E-state index contributed by atoms with van der Waals surface area (Å²) in [5, 5.41) is 8.66. The van der Waals surface area contributed by atoms with Crippen molar-refractivity contribution in [3.05, 3.63) is 54.1 Å². The Bertz CT molecular complexity index is 849. The summed E-state index contributed by atoms with van der Waals surface area (Å²) in [6, 6.07) is 14.1. The molecule has 0 aliphatic heterocycles. The zero-order valence-corrected chi connectivity index (χ0v) is 18.5. The predicted octanol–water partition coefficient (Wildman–Crippen LogP) is 4.98. The molecule has 0 radical (unpaired) electrons. The topological polar surface area (TPSA) is 79.5 Å². The Morgan fingerprint density at radius 3 is 2.13 bits per heavy atom. The van der Waals surface area contributed by atoms with Gasteiger partial charge in [-0.15, -0.1) is 0 Å². The van der Waals surface area contributed by atoms with Crippen LogP contribution in [0, 0.1) is 5.92 Å². The second kappa shape index (κ2) is 11.9. The molecule has 0 heterocycles. The molecule has 0 unspecified atom stereocenters. The highest BCUT2D eigenvalue weighted by Gasteiger charge is 2.09. The van der Waals surface area contributed by atoms with Crippen LogP contribution < -0.4 is 20.7 Å². The highest BCUT2D eigenvalue weighted by Crippen LogP contribution is 2.15. The van der Waals surface area contributed by atoms with Crippen LogP contribution in [0.5, 0.6) is 5.75 Å². The summed E-state index contributed by atoms with van der Waals surface area (Å²) in [5.74, 6) is 0.721. The fraction of sp³-hybridized carbons (Fsp3) is 0.348. The molecule has 3 N–H and O–H groups in total. The molecule has 0 aromatic heterocycles. The van der Waals surface area contributed by atoms with Gasteiger partial charge in [-0.05, 0) is 73.1 Å². The van der Waals surface area contributed by atoms with Gasteiger partial charge in [-0.3, -0.25) is 14.9 Å². The van der Waals surface area contributed by atoms with Gasteiger partial charge < -0.3 is 15.4 Å². The molecule has 0 saturated heterocycles. The third kappa shape index (κ3) is 8.21. The van der Waals surface area contributed by atoms with Crippen LogP contribution in [0.2, 0.25) is 0 Å². The van der Waals surface area contributed by atoms with Crippen molar-refractivity contribution in [3.8, 4) is 5.75 Å². The smallest absolute Gasteiger partial charge is 0.257 e. The first kappa shape index (κ1) is 23.3. The molecule has 0 bridgehead atoms. The molecule has 2 aromatic carbocycles. The number of unbranched alkanes of at least 4 members (excludes halogenated alkanes) is 1. The van der Waals surface area contributed by atoms with Gasteiger partial charge in [0, 0.05) is 23.4 Å². The van der Waals surface area contributed by atoms with Crippen molar-refractivity contribution in [2.45, 2.75) is 40.0 Å². The molecule has 0 fully saturated rings. The average molecular weight is 428 g/mol. The average Bonchev–Trinajstić information content (AvgIpc) is 2.69. The number of rotatable bonds is 9. The van der Waals surface area contributed by atoms with Crippen LogP contribution in [0.3, 0.4) is 0 Å². The van der Waals surface area contributed by atoms with E-state index >= 15 is 0 Å². The lowest BCUT2D eigenvalue weighted by atomic mass is 10.1. The molecule has 0 aliphatic carbocycles. The highest BCUT2D eigenvalue weighted by molar-refractivity contribution is 7.80. The van der Waals surface area contributed by atoms with Crippen molar-refractivity contribution in [1.29, 1.82) is 0 Å². The minimum absolute atomic E-state index is 0.0183. The summed E-state index contributed by atoms with van der Waals surface area (Å²) in [4.78, 5) is 24.2. The minimum Gasteiger partial charge on any atom is -0.494 e. The summed E-state index contributed by atoms with van der Waals surface area (Å²) in [6.07, 6.45) is 2.54. The van der Waals surface area contributed by atoms with Gasteiger partial charge in [-0.2, -0.15) is 0 Å². The lowest BCUT2D eigenvalue weighted by Gasteiger charge is -2.11. The van der Waals surface area contributed by atoms with E-state index in [1.165, 1.54) is 0 Å². The number of hydrogen-bond acceptors (Lipinski definition) is 4. The lowest BCUT2D eigenvalue weighted by molar-refractivity contribution is -0.116. The Morgan fingerprint density at radius 1 is 0.967 bits per heavy atom. The van der Waals surface area contributed by atoms with Crippen molar-refractivity contribution in [2.24, 2.45) is 5.92 Å². The number of hydrogen-bond donors (Lipinski definition) is 3. The molecular weight excluding hydrogens is 398 g/mol. The first-order valence-electron chi connectivity index (χ1n) is 10.1. The monoisotopic (exact) mass is 427 g/mol. The van der Waals surface area contributed by atoms with E-state index in [-0.39, 0.29) is 16.9 Å². The van der Waals surface area contributed by atoms with E-state index in [9.17, 15) is 9.59 Å². The first-order valence-corrected chi connectivity index (χ1v) is 10.5.